The van der Waals surface area contributed by atoms with Crippen LogP contribution in [0.5, 0.6) is 0 Å². The van der Waals surface area contributed by atoms with Crippen molar-refractivity contribution in [1.82, 2.24) is 0 Å². The standard InChI is InChI=1S/C30H46O3/c1-18(31)9-12-27(5)13-10-21-23(33-27)17-22-20-7-8-24-26(3,4)25(32)11-14-30(24)19(2)29(20,30)16-15-28(21,22)6/h9,12,19-25,32H,7-8,10-11,13-17H2,1-6H3/b12-9+/t19-,20-,21?,22?,23?,24?,25-,27-,28+,29-,30?/m0/s1. The quantitative estimate of drug-likeness (QED) is 0.496. The molecule has 6 fully saturated rings. The van der Waals surface area contributed by atoms with Gasteiger partial charge in [0.15, 0.2) is 5.78 Å². The van der Waals surface area contributed by atoms with Crippen LogP contribution < -0.4 is 0 Å². The fraction of sp³-hybridized carbons (Fsp3) is 0.900. The van der Waals surface area contributed by atoms with Gasteiger partial charge in [0.2, 0.25) is 0 Å². The van der Waals surface area contributed by atoms with Crippen molar-refractivity contribution in [3.05, 3.63) is 12.2 Å². The van der Waals surface area contributed by atoms with Crippen LogP contribution in [0.3, 0.4) is 0 Å². The molecule has 6 aliphatic rings. The third kappa shape index (κ3) is 2.62. The largest absolute Gasteiger partial charge is 0.393 e. The van der Waals surface area contributed by atoms with Crippen molar-refractivity contribution in [2.75, 3.05) is 0 Å². The fourth-order valence-corrected chi connectivity index (χ4v) is 11.6. The second kappa shape index (κ2) is 6.75. The van der Waals surface area contributed by atoms with Crippen LogP contribution in [0.4, 0.5) is 0 Å². The molecule has 0 aromatic heterocycles. The van der Waals surface area contributed by atoms with Gasteiger partial charge in [-0.25, -0.2) is 0 Å². The number of rotatable bonds is 2. The van der Waals surface area contributed by atoms with Gasteiger partial charge in [0.05, 0.1) is 17.8 Å². The smallest absolute Gasteiger partial charge is 0.152 e. The molecule has 184 valence electrons. The molecule has 0 bridgehead atoms. The second-order valence-electron chi connectivity index (χ2n) is 14.3. The molecule has 0 aromatic carbocycles. The van der Waals surface area contributed by atoms with E-state index in [1.807, 2.05) is 6.08 Å². The predicted molar refractivity (Wildman–Crippen MR) is 131 cm³/mol. The summed E-state index contributed by atoms with van der Waals surface area (Å²) in [7, 11) is 0. The molecule has 0 amide bonds. The lowest BCUT2D eigenvalue weighted by molar-refractivity contribution is -0.140. The summed E-state index contributed by atoms with van der Waals surface area (Å²) in [4.78, 5) is 11.6. The van der Waals surface area contributed by atoms with Gasteiger partial charge >= 0.3 is 0 Å². The molecule has 11 atom stereocenters. The van der Waals surface area contributed by atoms with Gasteiger partial charge in [0, 0.05) is 0 Å². The summed E-state index contributed by atoms with van der Waals surface area (Å²) in [5.41, 5.74) is 1.17. The Hall–Kier alpha value is -0.670. The number of ether oxygens (including phenoxy) is 1. The average molecular weight is 455 g/mol. The van der Waals surface area contributed by atoms with Crippen molar-refractivity contribution < 1.29 is 14.6 Å². The average Bonchev–Trinajstić information content (AvgIpc) is 3.14. The summed E-state index contributed by atoms with van der Waals surface area (Å²) in [5, 5.41) is 10.9. The summed E-state index contributed by atoms with van der Waals surface area (Å²) in [6.45, 7) is 13.7. The van der Waals surface area contributed by atoms with E-state index in [0.717, 1.165) is 30.6 Å². The molecule has 0 aromatic rings. The van der Waals surface area contributed by atoms with Crippen molar-refractivity contribution in [2.45, 2.75) is 117 Å². The van der Waals surface area contributed by atoms with Crippen LogP contribution >= 0.6 is 0 Å². The molecule has 1 aliphatic heterocycles. The van der Waals surface area contributed by atoms with Gasteiger partial charge in [0.25, 0.3) is 0 Å². The summed E-state index contributed by atoms with van der Waals surface area (Å²) < 4.78 is 6.84. The molecule has 1 N–H and O–H groups in total. The number of hydrogen-bond acceptors (Lipinski definition) is 3. The van der Waals surface area contributed by atoms with Crippen molar-refractivity contribution >= 4 is 5.78 Å². The number of aliphatic hydroxyl groups excluding tert-OH is 1. The SMILES string of the molecule is CC(=O)/C=C/[C@@]1(C)CCC2C(CC3[C@@H]4CCC5C(C)(C)[C@@H](O)CCC56[C@@H](C)[C@@]46CC[C@]23C)O1. The third-order valence-electron chi connectivity index (χ3n) is 13.2. The lowest BCUT2D eigenvalue weighted by Gasteiger charge is -2.59. The topological polar surface area (TPSA) is 46.5 Å². The van der Waals surface area contributed by atoms with Crippen molar-refractivity contribution in [3.8, 4) is 0 Å². The van der Waals surface area contributed by atoms with Crippen LogP contribution in [-0.4, -0.2) is 28.7 Å². The molecule has 5 saturated carbocycles. The molecule has 5 unspecified atom stereocenters. The van der Waals surface area contributed by atoms with E-state index >= 15 is 0 Å². The Labute approximate surface area is 201 Å². The first-order chi connectivity index (χ1) is 15.4. The van der Waals surface area contributed by atoms with Crippen LogP contribution in [0.2, 0.25) is 0 Å². The van der Waals surface area contributed by atoms with Gasteiger partial charge in [-0.05, 0) is 135 Å². The number of carbonyl (C=O) groups excluding carboxylic acids is 1. The van der Waals surface area contributed by atoms with Crippen LogP contribution in [0.15, 0.2) is 12.2 Å². The van der Waals surface area contributed by atoms with Crippen LogP contribution in [0.25, 0.3) is 0 Å². The van der Waals surface area contributed by atoms with Gasteiger partial charge in [0.1, 0.15) is 0 Å². The molecule has 33 heavy (non-hydrogen) atoms. The predicted octanol–water partition coefficient (Wildman–Crippen LogP) is 6.34. The first kappa shape index (κ1) is 22.8. The van der Waals surface area contributed by atoms with Crippen molar-refractivity contribution in [2.24, 2.45) is 51.2 Å². The Morgan fingerprint density at radius 3 is 2.39 bits per heavy atom. The first-order valence-corrected chi connectivity index (χ1v) is 14.0. The maximum absolute atomic E-state index is 11.6. The van der Waals surface area contributed by atoms with Crippen LogP contribution in [0.1, 0.15) is 99.3 Å². The van der Waals surface area contributed by atoms with E-state index in [4.69, 9.17) is 4.74 Å². The van der Waals surface area contributed by atoms with E-state index in [9.17, 15) is 9.90 Å². The fourth-order valence-electron chi connectivity index (χ4n) is 11.6. The van der Waals surface area contributed by atoms with Crippen LogP contribution in [-0.2, 0) is 9.53 Å². The van der Waals surface area contributed by atoms with Crippen molar-refractivity contribution in [3.63, 3.8) is 0 Å². The Morgan fingerprint density at radius 1 is 0.909 bits per heavy atom. The highest BCUT2D eigenvalue weighted by Gasteiger charge is 2.84. The summed E-state index contributed by atoms with van der Waals surface area (Å²) in [5.74, 6) is 3.89. The normalized spacial score (nSPS) is 58.6. The first-order valence-electron chi connectivity index (χ1n) is 14.0. The molecular formula is C30H46O3. The minimum absolute atomic E-state index is 0.0549. The zero-order valence-corrected chi connectivity index (χ0v) is 21.8. The van der Waals surface area contributed by atoms with Gasteiger partial charge in [-0.1, -0.05) is 27.7 Å². The molecule has 6 rings (SSSR count). The molecule has 0 radical (unpaired) electrons. The van der Waals surface area contributed by atoms with E-state index in [2.05, 4.69) is 34.6 Å². The maximum atomic E-state index is 11.6. The molecular weight excluding hydrogens is 408 g/mol. The van der Waals surface area contributed by atoms with E-state index in [1.54, 1.807) is 13.0 Å². The Morgan fingerprint density at radius 2 is 1.67 bits per heavy atom. The van der Waals surface area contributed by atoms with Gasteiger partial charge in [-0.15, -0.1) is 0 Å². The lowest BCUT2D eigenvalue weighted by atomic mass is 9.46. The number of allylic oxidation sites excluding steroid dienone is 1. The Bertz CT molecular complexity index is 891. The monoisotopic (exact) mass is 454 g/mol. The number of carbonyl (C=O) groups is 1. The van der Waals surface area contributed by atoms with E-state index in [-0.39, 0.29) is 22.9 Å². The summed E-state index contributed by atoms with van der Waals surface area (Å²) in [6.07, 6.45) is 15.1. The number of ketones is 1. The van der Waals surface area contributed by atoms with Gasteiger partial charge in [-0.3, -0.25) is 4.79 Å². The number of hydrogen-bond donors (Lipinski definition) is 1. The summed E-state index contributed by atoms with van der Waals surface area (Å²) >= 11 is 0. The lowest BCUT2D eigenvalue weighted by Crippen LogP contribution is -2.54. The Balaban J connectivity index is 1.30. The highest BCUT2D eigenvalue weighted by Crippen LogP contribution is 2.89. The zero-order chi connectivity index (χ0) is 23.6. The molecule has 2 spiro atoms. The van der Waals surface area contributed by atoms with Gasteiger partial charge < -0.3 is 9.84 Å². The van der Waals surface area contributed by atoms with Crippen molar-refractivity contribution in [1.29, 1.82) is 0 Å². The summed E-state index contributed by atoms with van der Waals surface area (Å²) in [6, 6.07) is 0. The van der Waals surface area contributed by atoms with E-state index < -0.39 is 0 Å². The van der Waals surface area contributed by atoms with E-state index in [0.29, 0.717) is 34.2 Å². The van der Waals surface area contributed by atoms with Gasteiger partial charge in [-0.2, -0.15) is 0 Å². The highest BCUT2D eigenvalue weighted by molar-refractivity contribution is 5.87. The van der Waals surface area contributed by atoms with E-state index in [1.165, 1.54) is 44.9 Å². The molecule has 3 nitrogen and oxygen atoms in total. The molecule has 1 saturated heterocycles. The maximum Gasteiger partial charge on any atom is 0.152 e. The minimum Gasteiger partial charge on any atom is -0.393 e. The molecule has 5 aliphatic carbocycles. The Kier molecular flexibility index (Phi) is 4.66. The number of aliphatic hydroxyl groups is 1. The third-order valence-corrected chi connectivity index (χ3v) is 13.2. The highest BCUT2D eigenvalue weighted by atomic mass is 16.5. The number of fused-ring (bicyclic) bond motifs is 4. The molecule has 3 heteroatoms. The second-order valence-corrected chi connectivity index (χ2v) is 14.3. The zero-order valence-electron chi connectivity index (χ0n) is 21.8. The van der Waals surface area contributed by atoms with Crippen LogP contribution in [0, 0.1) is 51.2 Å². The minimum atomic E-state index is -0.288. The molecule has 1 heterocycles.